The molecule has 1 amide bonds. The lowest BCUT2D eigenvalue weighted by Crippen LogP contribution is -2.50. The summed E-state index contributed by atoms with van der Waals surface area (Å²) in [6.45, 7) is 7.68. The number of methoxy groups -OCH3 is 2. The van der Waals surface area contributed by atoms with Crippen LogP contribution in [0.15, 0.2) is 42.6 Å². The first-order valence-electron chi connectivity index (χ1n) is 14.2. The van der Waals surface area contributed by atoms with Crippen LogP contribution >= 0.6 is 0 Å². The summed E-state index contributed by atoms with van der Waals surface area (Å²) in [6.07, 6.45) is -3.02. The molecule has 1 saturated heterocycles. The molecule has 2 aromatic heterocycles. The van der Waals surface area contributed by atoms with Crippen LogP contribution in [-0.4, -0.2) is 77.9 Å². The van der Waals surface area contributed by atoms with Crippen LogP contribution in [0.3, 0.4) is 0 Å². The molecule has 5 rings (SSSR count). The van der Waals surface area contributed by atoms with E-state index in [1.54, 1.807) is 35.4 Å². The van der Waals surface area contributed by atoms with E-state index < -0.39 is 23.9 Å². The van der Waals surface area contributed by atoms with Gasteiger partial charge in [-0.05, 0) is 56.2 Å². The molecule has 2 atom stereocenters. The number of anilines is 2. The number of carbonyl (C=O) groups is 1. The Hall–Kier alpha value is -4.16. The highest BCUT2D eigenvalue weighted by molar-refractivity contribution is 5.68. The maximum Gasteiger partial charge on any atom is 0.410 e. The van der Waals surface area contributed by atoms with Crippen LogP contribution in [0, 0.1) is 0 Å². The predicted octanol–water partition coefficient (Wildman–Crippen LogP) is 5.60. The number of nitrogens with one attached hydrogen (secondary N) is 1. The first kappa shape index (κ1) is 30.3. The van der Waals surface area contributed by atoms with Gasteiger partial charge < -0.3 is 29.3 Å². The average molecular weight is 603 g/mol. The topological polar surface area (TPSA) is 94.0 Å². The second-order valence-electron chi connectivity index (χ2n) is 11.7. The fourth-order valence-electron chi connectivity index (χ4n) is 5.40. The molecule has 0 radical (unpaired) electrons. The van der Waals surface area contributed by atoms with E-state index in [-0.39, 0.29) is 12.5 Å². The highest BCUT2D eigenvalue weighted by atomic mass is 19.4. The highest BCUT2D eigenvalue weighted by Crippen LogP contribution is 2.45. The fraction of sp³-hybridized carbons (Fsp3) is 0.500. The van der Waals surface area contributed by atoms with E-state index in [0.717, 1.165) is 16.1 Å². The summed E-state index contributed by atoms with van der Waals surface area (Å²) < 4.78 is 59.9. The monoisotopic (exact) mass is 602 g/mol. The summed E-state index contributed by atoms with van der Waals surface area (Å²) in [5.74, 6) is 1.99. The number of pyridine rings is 1. The molecular weight excluding hydrogens is 565 g/mol. The van der Waals surface area contributed by atoms with Crippen LogP contribution < -0.4 is 19.7 Å². The molecule has 1 N–H and O–H groups in total. The molecule has 0 spiro atoms. The summed E-state index contributed by atoms with van der Waals surface area (Å²) >= 11 is 0. The van der Waals surface area contributed by atoms with Gasteiger partial charge in [-0.1, -0.05) is 6.07 Å². The summed E-state index contributed by atoms with van der Waals surface area (Å²) in [6, 6.07) is 8.16. The number of nitrogens with zero attached hydrogens (tertiary/aromatic N) is 5. The quantitative estimate of drug-likeness (QED) is 0.390. The lowest BCUT2D eigenvalue weighted by atomic mass is 9.96. The van der Waals surface area contributed by atoms with Crippen LogP contribution in [0.25, 0.3) is 0 Å². The van der Waals surface area contributed by atoms with Crippen molar-refractivity contribution in [3.63, 3.8) is 0 Å². The second-order valence-corrected chi connectivity index (χ2v) is 11.7. The van der Waals surface area contributed by atoms with Crippen LogP contribution in [0.1, 0.15) is 56.1 Å². The molecule has 10 nitrogen and oxygen atoms in total. The number of hydrogen-bond acceptors (Lipinski definition) is 8. The minimum atomic E-state index is -4.49. The van der Waals surface area contributed by atoms with Crippen LogP contribution in [0.4, 0.5) is 29.6 Å². The molecule has 2 unspecified atom stereocenters. The van der Waals surface area contributed by atoms with Gasteiger partial charge in [0.2, 0.25) is 0 Å². The van der Waals surface area contributed by atoms with Crippen molar-refractivity contribution < 1.29 is 32.2 Å². The summed E-state index contributed by atoms with van der Waals surface area (Å²) in [5.41, 5.74) is 1.48. The number of amides is 1. The maximum absolute atomic E-state index is 14.2. The zero-order valence-corrected chi connectivity index (χ0v) is 24.9. The minimum Gasteiger partial charge on any atom is -0.493 e. The van der Waals surface area contributed by atoms with Gasteiger partial charge in [-0.3, -0.25) is 0 Å². The Bertz CT molecular complexity index is 1450. The van der Waals surface area contributed by atoms with Crippen molar-refractivity contribution in [2.75, 3.05) is 50.6 Å². The first-order chi connectivity index (χ1) is 20.3. The Balaban J connectivity index is 1.31. The summed E-state index contributed by atoms with van der Waals surface area (Å²) in [4.78, 5) is 20.7. The van der Waals surface area contributed by atoms with E-state index >= 15 is 0 Å². The lowest BCUT2D eigenvalue weighted by molar-refractivity contribution is -0.173. The van der Waals surface area contributed by atoms with E-state index in [1.807, 2.05) is 32.9 Å². The summed E-state index contributed by atoms with van der Waals surface area (Å²) in [5, 5.41) is 7.62. The largest absolute Gasteiger partial charge is 0.493 e. The van der Waals surface area contributed by atoms with Crippen molar-refractivity contribution in [2.24, 2.45) is 0 Å². The van der Waals surface area contributed by atoms with Crippen molar-refractivity contribution in [1.29, 1.82) is 0 Å². The van der Waals surface area contributed by atoms with Gasteiger partial charge in [0.15, 0.2) is 17.5 Å². The number of hydrogen-bond donors (Lipinski definition) is 1. The zero-order chi connectivity index (χ0) is 30.9. The molecule has 2 aliphatic rings. The second kappa shape index (κ2) is 11.8. The number of fused-ring (bicyclic) bond motifs is 1. The molecule has 0 saturated carbocycles. The van der Waals surface area contributed by atoms with E-state index in [0.29, 0.717) is 61.2 Å². The maximum atomic E-state index is 14.2. The normalized spacial score (nSPS) is 19.0. The van der Waals surface area contributed by atoms with Gasteiger partial charge >= 0.3 is 12.3 Å². The molecule has 13 heteroatoms. The molecule has 232 valence electrons. The third-order valence-electron chi connectivity index (χ3n) is 7.50. The SMILES string of the molecule is COc1ccc(C2CC(C(F)(F)F)n3nc(Cc4ccnc(N5CCN(C(=O)OC(C)(C)C)CC5)c4)cc3N2)cc1OC. The van der Waals surface area contributed by atoms with Gasteiger partial charge in [0.25, 0.3) is 0 Å². The molecule has 0 aliphatic carbocycles. The molecule has 2 aliphatic heterocycles. The van der Waals surface area contributed by atoms with Crippen molar-refractivity contribution in [3.05, 3.63) is 59.4 Å². The number of aromatic nitrogens is 3. The first-order valence-corrected chi connectivity index (χ1v) is 14.2. The van der Waals surface area contributed by atoms with Crippen molar-refractivity contribution >= 4 is 17.7 Å². The van der Waals surface area contributed by atoms with Crippen molar-refractivity contribution in [3.8, 4) is 11.5 Å². The van der Waals surface area contributed by atoms with Gasteiger partial charge in [-0.15, -0.1) is 0 Å². The number of ether oxygens (including phenoxy) is 3. The van der Waals surface area contributed by atoms with E-state index in [1.165, 1.54) is 14.2 Å². The van der Waals surface area contributed by atoms with Crippen molar-refractivity contribution in [1.82, 2.24) is 19.7 Å². The molecule has 4 heterocycles. The fourth-order valence-corrected chi connectivity index (χ4v) is 5.40. The third kappa shape index (κ3) is 6.91. The molecule has 0 bridgehead atoms. The molecular formula is C30H37F3N6O4. The van der Waals surface area contributed by atoms with E-state index in [4.69, 9.17) is 14.2 Å². The Labute approximate surface area is 248 Å². The molecule has 1 fully saturated rings. The van der Waals surface area contributed by atoms with Gasteiger partial charge in [0.1, 0.15) is 17.2 Å². The Morgan fingerprint density at radius 2 is 1.72 bits per heavy atom. The Morgan fingerprint density at radius 1 is 1.00 bits per heavy atom. The van der Waals surface area contributed by atoms with Crippen molar-refractivity contribution in [2.45, 2.75) is 57.5 Å². The Kier molecular flexibility index (Phi) is 8.35. The number of piperazine rings is 1. The summed E-state index contributed by atoms with van der Waals surface area (Å²) in [7, 11) is 3.00. The zero-order valence-electron chi connectivity index (χ0n) is 24.9. The van der Waals surface area contributed by atoms with Crippen LogP contribution in [0.5, 0.6) is 11.5 Å². The van der Waals surface area contributed by atoms with Gasteiger partial charge in [0.05, 0.1) is 26.0 Å². The highest BCUT2D eigenvalue weighted by Gasteiger charge is 2.46. The average Bonchev–Trinajstić information content (AvgIpc) is 3.37. The number of carbonyl (C=O) groups excluding carboxylic acids is 1. The number of benzene rings is 1. The number of rotatable bonds is 6. The number of alkyl halides is 3. The standard InChI is InChI=1S/C30H37F3N6O4/c1-29(2,3)43-28(40)38-12-10-37(11-13-38)26-15-19(8-9-34-26)14-21-17-27-35-22(18-25(30(31,32)33)39(27)36-21)20-6-7-23(41-4)24(16-20)42-5/h6-9,15-17,22,25,35H,10-14,18H2,1-5H3. The third-order valence-corrected chi connectivity index (χ3v) is 7.50. The van der Waals surface area contributed by atoms with Crippen LogP contribution in [-0.2, 0) is 11.2 Å². The Morgan fingerprint density at radius 3 is 2.37 bits per heavy atom. The minimum absolute atomic E-state index is 0.220. The molecule has 43 heavy (non-hydrogen) atoms. The van der Waals surface area contributed by atoms with E-state index in [9.17, 15) is 18.0 Å². The van der Waals surface area contributed by atoms with E-state index in [2.05, 4.69) is 20.3 Å². The lowest BCUT2D eigenvalue weighted by Gasteiger charge is -2.36. The van der Waals surface area contributed by atoms with Gasteiger partial charge in [-0.25, -0.2) is 14.5 Å². The van der Waals surface area contributed by atoms with Gasteiger partial charge in [0, 0.05) is 51.3 Å². The smallest absolute Gasteiger partial charge is 0.410 e. The van der Waals surface area contributed by atoms with Crippen LogP contribution in [0.2, 0.25) is 0 Å². The predicted molar refractivity (Wildman–Crippen MR) is 155 cm³/mol. The molecule has 1 aromatic carbocycles. The molecule has 3 aromatic rings. The number of halogens is 3. The van der Waals surface area contributed by atoms with Gasteiger partial charge in [-0.2, -0.15) is 18.3 Å².